The second-order valence-electron chi connectivity index (χ2n) is 7.21. The molecule has 0 spiro atoms. The molecule has 0 fully saturated rings. The molecule has 2 N–H and O–H groups in total. The molecule has 7 nitrogen and oxygen atoms in total. The van der Waals surface area contributed by atoms with Crippen molar-refractivity contribution in [1.82, 2.24) is 19.7 Å². The quantitative estimate of drug-likeness (QED) is 0.368. The van der Waals surface area contributed by atoms with E-state index in [1.807, 2.05) is 66.7 Å². The number of rotatable bonds is 6. The second kappa shape index (κ2) is 8.20. The molecular formula is C24H17ClN4O3. The summed E-state index contributed by atoms with van der Waals surface area (Å²) >= 11 is 5.93. The lowest BCUT2D eigenvalue weighted by Gasteiger charge is -2.09. The van der Waals surface area contributed by atoms with Gasteiger partial charge in [0.1, 0.15) is 12.4 Å². The number of H-pyrrole nitrogens is 1. The van der Waals surface area contributed by atoms with Gasteiger partial charge in [-0.3, -0.25) is 0 Å². The number of hydrogen-bond donors (Lipinski definition) is 2. The molecule has 2 heterocycles. The Bertz CT molecular complexity index is 1420. The van der Waals surface area contributed by atoms with Crippen LogP contribution in [0.3, 0.4) is 0 Å². The van der Waals surface area contributed by atoms with Crippen LogP contribution in [-0.4, -0.2) is 30.8 Å². The molecule has 0 aliphatic rings. The van der Waals surface area contributed by atoms with E-state index < -0.39 is 5.97 Å². The molecular weight excluding hydrogens is 428 g/mol. The van der Waals surface area contributed by atoms with E-state index in [1.165, 1.54) is 17.1 Å². The van der Waals surface area contributed by atoms with Gasteiger partial charge in [-0.1, -0.05) is 41.9 Å². The highest BCUT2D eigenvalue weighted by atomic mass is 35.5. The molecule has 0 saturated carbocycles. The lowest BCUT2D eigenvalue weighted by Crippen LogP contribution is -1.97. The van der Waals surface area contributed by atoms with Gasteiger partial charge in [-0.15, -0.1) is 0 Å². The molecule has 2 aromatic heterocycles. The first-order chi connectivity index (χ1) is 15.5. The smallest absolute Gasteiger partial charge is 0.338 e. The number of nitrogens with zero attached hydrogens (tertiary/aromatic N) is 3. The average molecular weight is 445 g/mol. The summed E-state index contributed by atoms with van der Waals surface area (Å²) < 4.78 is 7.35. The molecule has 0 aliphatic heterocycles. The first-order valence-corrected chi connectivity index (χ1v) is 10.2. The Labute approximate surface area is 187 Å². The minimum absolute atomic E-state index is 0.0987. The summed E-state index contributed by atoms with van der Waals surface area (Å²) in [5, 5.41) is 13.8. The van der Waals surface area contributed by atoms with Crippen molar-refractivity contribution in [2.45, 2.75) is 6.61 Å². The normalized spacial score (nSPS) is 11.0. The van der Waals surface area contributed by atoms with Crippen LogP contribution in [0.15, 0.2) is 79.1 Å². The van der Waals surface area contributed by atoms with Gasteiger partial charge < -0.3 is 14.8 Å². The predicted molar refractivity (Wildman–Crippen MR) is 121 cm³/mol. The van der Waals surface area contributed by atoms with Gasteiger partial charge in [-0.2, -0.15) is 5.10 Å². The fourth-order valence-corrected chi connectivity index (χ4v) is 3.47. The van der Waals surface area contributed by atoms with Crippen molar-refractivity contribution in [3.8, 4) is 22.8 Å². The third-order valence-corrected chi connectivity index (χ3v) is 5.25. The fourth-order valence-electron chi connectivity index (χ4n) is 3.35. The highest BCUT2D eigenvalue weighted by Gasteiger charge is 2.11. The van der Waals surface area contributed by atoms with E-state index >= 15 is 0 Å². The van der Waals surface area contributed by atoms with Crippen LogP contribution in [0.1, 0.15) is 15.9 Å². The van der Waals surface area contributed by atoms with Crippen molar-refractivity contribution in [2.75, 3.05) is 0 Å². The lowest BCUT2D eigenvalue weighted by molar-refractivity contribution is 0.0697. The molecule has 158 valence electrons. The van der Waals surface area contributed by atoms with Crippen LogP contribution in [0, 0.1) is 0 Å². The van der Waals surface area contributed by atoms with Crippen molar-refractivity contribution < 1.29 is 14.6 Å². The van der Waals surface area contributed by atoms with Crippen LogP contribution in [0.25, 0.3) is 28.1 Å². The minimum atomic E-state index is -1.03. The molecule has 0 radical (unpaired) electrons. The SMILES string of the molecule is O=C(O)c1cnn(-c2nc3ccc(-c4cccc(OCc5ccc(Cl)cc5)c4)cc3[nH]2)c1. The van der Waals surface area contributed by atoms with Gasteiger partial charge in [0.05, 0.1) is 22.8 Å². The van der Waals surface area contributed by atoms with Gasteiger partial charge in [0.15, 0.2) is 0 Å². The Hall–Kier alpha value is -4.10. The zero-order valence-electron chi connectivity index (χ0n) is 16.7. The summed E-state index contributed by atoms with van der Waals surface area (Å²) in [5.41, 5.74) is 4.71. The number of ether oxygens (including phenoxy) is 1. The molecule has 0 amide bonds. The first-order valence-electron chi connectivity index (χ1n) is 9.81. The first kappa shape index (κ1) is 19.8. The van der Waals surface area contributed by atoms with Gasteiger partial charge in [0.2, 0.25) is 5.95 Å². The van der Waals surface area contributed by atoms with Crippen molar-refractivity contribution in [3.63, 3.8) is 0 Å². The minimum Gasteiger partial charge on any atom is -0.489 e. The van der Waals surface area contributed by atoms with E-state index in [2.05, 4.69) is 15.1 Å². The third kappa shape index (κ3) is 4.06. The number of imidazole rings is 1. The maximum Gasteiger partial charge on any atom is 0.338 e. The standard InChI is InChI=1S/C24H17ClN4O3/c25-19-7-4-15(5-8-19)14-32-20-3-1-2-16(10-20)17-6-9-21-22(11-17)28-24(27-21)29-13-18(12-26-29)23(30)31/h1-13H,14H2,(H,27,28)(H,30,31). The third-order valence-electron chi connectivity index (χ3n) is 5.00. The number of aromatic carboxylic acids is 1. The maximum atomic E-state index is 11.1. The van der Waals surface area contributed by atoms with Gasteiger partial charge in [-0.25, -0.2) is 14.5 Å². The molecule has 0 aliphatic carbocycles. The Morgan fingerprint density at radius 2 is 1.88 bits per heavy atom. The molecule has 0 bridgehead atoms. The molecule has 0 unspecified atom stereocenters. The number of carboxylic acid groups (broad SMARTS) is 1. The molecule has 0 saturated heterocycles. The van der Waals surface area contributed by atoms with Crippen LogP contribution < -0.4 is 4.74 Å². The zero-order valence-corrected chi connectivity index (χ0v) is 17.5. The molecule has 5 rings (SSSR count). The van der Waals surface area contributed by atoms with Crippen LogP contribution in [0.2, 0.25) is 5.02 Å². The maximum absolute atomic E-state index is 11.1. The van der Waals surface area contributed by atoms with Crippen LogP contribution in [0.5, 0.6) is 5.75 Å². The molecule has 3 aromatic carbocycles. The van der Waals surface area contributed by atoms with Crippen molar-refractivity contribution >= 4 is 28.6 Å². The van der Waals surface area contributed by atoms with Gasteiger partial charge >= 0.3 is 5.97 Å². The number of nitrogens with one attached hydrogen (secondary N) is 1. The summed E-state index contributed by atoms with van der Waals surface area (Å²) in [6.45, 7) is 0.450. The Morgan fingerprint density at radius 3 is 2.66 bits per heavy atom. The topological polar surface area (TPSA) is 93.0 Å². The molecule has 0 atom stereocenters. The highest BCUT2D eigenvalue weighted by Crippen LogP contribution is 2.27. The summed E-state index contributed by atoms with van der Waals surface area (Å²) in [7, 11) is 0. The largest absolute Gasteiger partial charge is 0.489 e. The molecule has 8 heteroatoms. The fraction of sp³-hybridized carbons (Fsp3) is 0.0417. The van der Waals surface area contributed by atoms with Crippen molar-refractivity contribution in [1.29, 1.82) is 0 Å². The predicted octanol–water partition coefficient (Wildman–Crippen LogP) is 5.35. The van der Waals surface area contributed by atoms with Crippen LogP contribution in [0.4, 0.5) is 0 Å². The van der Waals surface area contributed by atoms with E-state index in [9.17, 15) is 4.79 Å². The monoisotopic (exact) mass is 444 g/mol. The van der Waals surface area contributed by atoms with E-state index in [0.717, 1.165) is 33.5 Å². The van der Waals surface area contributed by atoms with Gasteiger partial charge in [-0.05, 0) is 53.1 Å². The number of carbonyl (C=O) groups is 1. The van der Waals surface area contributed by atoms with Crippen molar-refractivity contribution in [2.24, 2.45) is 0 Å². The van der Waals surface area contributed by atoms with E-state index in [-0.39, 0.29) is 5.56 Å². The van der Waals surface area contributed by atoms with Crippen LogP contribution >= 0.6 is 11.6 Å². The highest BCUT2D eigenvalue weighted by molar-refractivity contribution is 6.30. The second-order valence-corrected chi connectivity index (χ2v) is 7.65. The summed E-state index contributed by atoms with van der Waals surface area (Å²) in [6, 6.07) is 21.3. The van der Waals surface area contributed by atoms with E-state index in [0.29, 0.717) is 17.6 Å². The van der Waals surface area contributed by atoms with Crippen molar-refractivity contribution in [3.05, 3.63) is 95.3 Å². The average Bonchev–Trinajstić information content (AvgIpc) is 3.46. The van der Waals surface area contributed by atoms with Crippen LogP contribution in [-0.2, 0) is 6.61 Å². The number of benzene rings is 3. The number of halogens is 1. The summed E-state index contributed by atoms with van der Waals surface area (Å²) in [6.07, 6.45) is 2.71. The number of aromatic nitrogens is 4. The van der Waals surface area contributed by atoms with E-state index in [4.69, 9.17) is 21.4 Å². The lowest BCUT2D eigenvalue weighted by atomic mass is 10.0. The van der Waals surface area contributed by atoms with Gasteiger partial charge in [0.25, 0.3) is 0 Å². The Kier molecular flexibility index (Phi) is 5.09. The van der Waals surface area contributed by atoms with Gasteiger partial charge in [0, 0.05) is 11.2 Å². The number of carboxylic acids is 1. The number of fused-ring (bicyclic) bond motifs is 1. The number of hydrogen-bond acceptors (Lipinski definition) is 4. The summed E-state index contributed by atoms with van der Waals surface area (Å²) in [5.74, 6) is 0.179. The molecule has 5 aromatic rings. The zero-order chi connectivity index (χ0) is 22.1. The Morgan fingerprint density at radius 1 is 1.06 bits per heavy atom. The number of aromatic amines is 1. The molecule has 32 heavy (non-hydrogen) atoms. The van der Waals surface area contributed by atoms with E-state index in [1.54, 1.807) is 0 Å². The Balaban J connectivity index is 1.38. The summed E-state index contributed by atoms with van der Waals surface area (Å²) in [4.78, 5) is 18.8.